The monoisotopic (exact) mass is 428 g/mol. The first-order valence-electron chi connectivity index (χ1n) is 10.5. The number of rotatable bonds is 8. The van der Waals surface area contributed by atoms with E-state index >= 15 is 0 Å². The second-order valence-electron chi connectivity index (χ2n) is 6.94. The normalized spacial score (nSPS) is 13.0. The van der Waals surface area contributed by atoms with Gasteiger partial charge in [-0.2, -0.15) is 5.26 Å². The van der Waals surface area contributed by atoms with Crippen molar-refractivity contribution in [1.82, 2.24) is 0 Å². The predicted molar refractivity (Wildman–Crippen MR) is 118 cm³/mol. The molecule has 1 aromatic carbocycles. The zero-order chi connectivity index (χ0) is 21.5. The molecule has 0 radical (unpaired) electrons. The van der Waals surface area contributed by atoms with E-state index in [1.165, 1.54) is 22.6 Å². The molecule has 30 heavy (non-hydrogen) atoms. The van der Waals surface area contributed by atoms with Crippen molar-refractivity contribution in [2.45, 2.75) is 52.9 Å². The Morgan fingerprint density at radius 3 is 2.27 bits per heavy atom. The third kappa shape index (κ3) is 4.71. The Kier molecular flexibility index (Phi) is 7.58. The van der Waals surface area contributed by atoms with Crippen LogP contribution >= 0.6 is 11.3 Å². The SMILES string of the molecule is CCOc1cc(C(=O)Nc2sc3c(c2C#N)CCCCC3)cc(OCC)c1OCC. The standard InChI is InChI=1S/C23H28N2O4S/c1-4-27-18-12-15(13-19(28-5-2)21(18)29-6-3)22(26)25-23-17(14-24)16-10-8-7-9-11-20(16)30-23/h12-13H,4-11H2,1-3H3,(H,25,26). The van der Waals surface area contributed by atoms with E-state index < -0.39 is 0 Å². The lowest BCUT2D eigenvalue weighted by atomic mass is 10.1. The molecule has 0 spiro atoms. The fourth-order valence-corrected chi connectivity index (χ4v) is 4.88. The van der Waals surface area contributed by atoms with E-state index in [0.29, 0.717) is 53.2 Å². The number of carbonyl (C=O) groups excluding carboxylic acids is 1. The average Bonchev–Trinajstić information content (AvgIpc) is 2.89. The number of thiophene rings is 1. The first kappa shape index (κ1) is 22.0. The molecule has 0 aliphatic heterocycles. The van der Waals surface area contributed by atoms with Crippen molar-refractivity contribution in [1.29, 1.82) is 5.26 Å². The summed E-state index contributed by atoms with van der Waals surface area (Å²) in [6.45, 7) is 6.97. The van der Waals surface area contributed by atoms with Gasteiger partial charge in [0.2, 0.25) is 5.75 Å². The first-order valence-corrected chi connectivity index (χ1v) is 11.4. The number of anilines is 1. The van der Waals surface area contributed by atoms with Gasteiger partial charge < -0.3 is 19.5 Å². The molecule has 1 heterocycles. The quantitative estimate of drug-likeness (QED) is 0.574. The number of nitriles is 1. The molecule has 0 saturated carbocycles. The summed E-state index contributed by atoms with van der Waals surface area (Å²) >= 11 is 1.52. The van der Waals surface area contributed by atoms with Crippen molar-refractivity contribution in [2.75, 3.05) is 25.1 Å². The minimum absolute atomic E-state index is 0.298. The van der Waals surface area contributed by atoms with Crippen LogP contribution in [0, 0.1) is 11.3 Å². The van der Waals surface area contributed by atoms with Crippen LogP contribution in [0.5, 0.6) is 17.2 Å². The average molecular weight is 429 g/mol. The fourth-order valence-electron chi connectivity index (χ4n) is 3.64. The summed E-state index contributed by atoms with van der Waals surface area (Å²) in [5, 5.41) is 13.3. The Hall–Kier alpha value is -2.72. The maximum absolute atomic E-state index is 13.1. The number of carbonyl (C=O) groups is 1. The Bertz CT molecular complexity index is 918. The molecule has 1 aromatic heterocycles. The van der Waals surface area contributed by atoms with Crippen LogP contribution in [0.4, 0.5) is 5.00 Å². The van der Waals surface area contributed by atoms with Crippen LogP contribution in [-0.4, -0.2) is 25.7 Å². The lowest BCUT2D eigenvalue weighted by Gasteiger charge is -2.17. The molecule has 1 aliphatic carbocycles. The number of benzene rings is 1. The molecular formula is C23H28N2O4S. The number of amides is 1. The summed E-state index contributed by atoms with van der Waals surface area (Å²) in [7, 11) is 0. The van der Waals surface area contributed by atoms with Crippen molar-refractivity contribution in [3.63, 3.8) is 0 Å². The molecule has 160 valence electrons. The highest BCUT2D eigenvalue weighted by Gasteiger charge is 2.23. The number of aryl methyl sites for hydroxylation is 1. The van der Waals surface area contributed by atoms with Crippen molar-refractivity contribution >= 4 is 22.2 Å². The van der Waals surface area contributed by atoms with E-state index in [1.54, 1.807) is 12.1 Å². The van der Waals surface area contributed by atoms with Gasteiger partial charge in [0, 0.05) is 10.4 Å². The third-order valence-corrected chi connectivity index (χ3v) is 6.14. The van der Waals surface area contributed by atoms with Gasteiger partial charge in [-0.15, -0.1) is 11.3 Å². The lowest BCUT2D eigenvalue weighted by molar-refractivity contribution is 0.102. The van der Waals surface area contributed by atoms with Crippen molar-refractivity contribution in [3.05, 3.63) is 33.7 Å². The van der Waals surface area contributed by atoms with Gasteiger partial charge in [0.1, 0.15) is 11.1 Å². The van der Waals surface area contributed by atoms with Crippen molar-refractivity contribution in [2.24, 2.45) is 0 Å². The van der Waals surface area contributed by atoms with Gasteiger partial charge in [-0.05, 0) is 64.2 Å². The molecule has 0 atom stereocenters. The number of hydrogen-bond acceptors (Lipinski definition) is 6. The number of hydrogen-bond donors (Lipinski definition) is 1. The molecule has 1 N–H and O–H groups in total. The molecule has 1 aliphatic rings. The maximum atomic E-state index is 13.1. The van der Waals surface area contributed by atoms with Crippen LogP contribution in [-0.2, 0) is 12.8 Å². The molecule has 2 aromatic rings. The van der Waals surface area contributed by atoms with Crippen LogP contribution in [0.15, 0.2) is 12.1 Å². The number of nitrogens with one attached hydrogen (secondary N) is 1. The van der Waals surface area contributed by atoms with E-state index in [2.05, 4.69) is 11.4 Å². The van der Waals surface area contributed by atoms with Crippen LogP contribution in [0.1, 0.15) is 66.4 Å². The second-order valence-corrected chi connectivity index (χ2v) is 8.04. The highest BCUT2D eigenvalue weighted by molar-refractivity contribution is 7.16. The highest BCUT2D eigenvalue weighted by atomic mass is 32.1. The van der Waals surface area contributed by atoms with E-state index in [4.69, 9.17) is 14.2 Å². The Labute approximate surface area is 181 Å². The van der Waals surface area contributed by atoms with Crippen molar-refractivity contribution < 1.29 is 19.0 Å². The number of fused-ring (bicyclic) bond motifs is 1. The summed E-state index contributed by atoms with van der Waals surface area (Å²) in [5.41, 5.74) is 2.11. The summed E-state index contributed by atoms with van der Waals surface area (Å²) < 4.78 is 17.1. The van der Waals surface area contributed by atoms with Gasteiger partial charge in [0.15, 0.2) is 11.5 Å². The van der Waals surface area contributed by atoms with Gasteiger partial charge in [-0.3, -0.25) is 4.79 Å². The molecule has 6 nitrogen and oxygen atoms in total. The number of nitrogens with zero attached hydrogens (tertiary/aromatic N) is 1. The highest BCUT2D eigenvalue weighted by Crippen LogP contribution is 2.40. The molecule has 7 heteroatoms. The fraction of sp³-hybridized carbons (Fsp3) is 0.478. The summed E-state index contributed by atoms with van der Waals surface area (Å²) in [4.78, 5) is 14.3. The van der Waals surface area contributed by atoms with E-state index in [0.717, 1.165) is 31.2 Å². The number of ether oxygens (including phenoxy) is 3. The maximum Gasteiger partial charge on any atom is 0.256 e. The Balaban J connectivity index is 1.94. The van der Waals surface area contributed by atoms with Crippen LogP contribution in [0.25, 0.3) is 0 Å². The zero-order valence-electron chi connectivity index (χ0n) is 17.8. The van der Waals surface area contributed by atoms with Gasteiger partial charge in [0.05, 0.1) is 25.4 Å². The molecular weight excluding hydrogens is 400 g/mol. The lowest BCUT2D eigenvalue weighted by Crippen LogP contribution is -2.13. The third-order valence-electron chi connectivity index (χ3n) is 4.93. The second kappa shape index (κ2) is 10.4. The summed E-state index contributed by atoms with van der Waals surface area (Å²) in [6.07, 6.45) is 5.26. The Morgan fingerprint density at radius 1 is 1.03 bits per heavy atom. The van der Waals surface area contributed by atoms with Crippen LogP contribution < -0.4 is 19.5 Å². The van der Waals surface area contributed by atoms with Crippen LogP contribution in [0.3, 0.4) is 0 Å². The summed E-state index contributed by atoms with van der Waals surface area (Å²) in [6, 6.07) is 5.63. The van der Waals surface area contributed by atoms with Gasteiger partial charge in [-0.25, -0.2) is 0 Å². The van der Waals surface area contributed by atoms with Gasteiger partial charge in [-0.1, -0.05) is 6.42 Å². The van der Waals surface area contributed by atoms with Gasteiger partial charge >= 0.3 is 0 Å². The molecule has 0 unspecified atom stereocenters. The minimum atomic E-state index is -0.298. The molecule has 0 saturated heterocycles. The van der Waals surface area contributed by atoms with E-state index in [-0.39, 0.29) is 5.91 Å². The largest absolute Gasteiger partial charge is 0.490 e. The molecule has 3 rings (SSSR count). The van der Waals surface area contributed by atoms with E-state index in [1.807, 2.05) is 20.8 Å². The minimum Gasteiger partial charge on any atom is -0.490 e. The van der Waals surface area contributed by atoms with Crippen molar-refractivity contribution in [3.8, 4) is 23.3 Å². The first-order chi connectivity index (χ1) is 14.6. The molecule has 0 bridgehead atoms. The molecule has 1 amide bonds. The molecule has 0 fully saturated rings. The zero-order valence-corrected chi connectivity index (χ0v) is 18.6. The smallest absolute Gasteiger partial charge is 0.256 e. The Morgan fingerprint density at radius 2 is 1.67 bits per heavy atom. The topological polar surface area (TPSA) is 80.6 Å². The predicted octanol–water partition coefficient (Wildman–Crippen LogP) is 5.34. The van der Waals surface area contributed by atoms with Crippen LogP contribution in [0.2, 0.25) is 0 Å². The van der Waals surface area contributed by atoms with E-state index in [9.17, 15) is 10.1 Å². The van der Waals surface area contributed by atoms with Gasteiger partial charge in [0.25, 0.3) is 5.91 Å². The summed E-state index contributed by atoms with van der Waals surface area (Å²) in [5.74, 6) is 1.14.